The van der Waals surface area contributed by atoms with E-state index in [1.807, 2.05) is 18.2 Å². The summed E-state index contributed by atoms with van der Waals surface area (Å²) >= 11 is 0. The maximum absolute atomic E-state index is 9.25. The normalized spacial score (nSPS) is 16.6. The average molecular weight is 243 g/mol. The van der Waals surface area contributed by atoms with Crippen LogP contribution in [0.4, 0.5) is 5.69 Å². The zero-order chi connectivity index (χ0) is 13.0. The molecule has 18 heavy (non-hydrogen) atoms. The Labute approximate surface area is 109 Å². The van der Waals surface area contributed by atoms with E-state index in [-0.39, 0.29) is 0 Å². The smallest absolute Gasteiger partial charge is 0.101 e. The maximum atomic E-state index is 9.25. The Bertz CT molecular complexity index is 440. The molecule has 0 amide bonds. The Balaban J connectivity index is 2.16. The fourth-order valence-corrected chi connectivity index (χ4v) is 2.66. The minimum Gasteiger partial charge on any atom is -0.370 e. The zero-order valence-corrected chi connectivity index (χ0v) is 11.0. The monoisotopic (exact) mass is 243 g/mol. The lowest BCUT2D eigenvalue weighted by Gasteiger charge is -2.33. The van der Waals surface area contributed by atoms with Gasteiger partial charge in [-0.25, -0.2) is 0 Å². The van der Waals surface area contributed by atoms with Crippen LogP contribution in [-0.4, -0.2) is 13.1 Å². The lowest BCUT2D eigenvalue weighted by molar-refractivity contribution is 0.395. The molecule has 96 valence electrons. The van der Waals surface area contributed by atoms with Crippen LogP contribution in [0.5, 0.6) is 0 Å². The Kier molecular flexibility index (Phi) is 4.22. The summed E-state index contributed by atoms with van der Waals surface area (Å²) in [6, 6.07) is 8.29. The van der Waals surface area contributed by atoms with Crippen LogP contribution >= 0.6 is 0 Å². The Morgan fingerprint density at radius 2 is 2.11 bits per heavy atom. The van der Waals surface area contributed by atoms with Gasteiger partial charge in [0.15, 0.2) is 0 Å². The summed E-state index contributed by atoms with van der Waals surface area (Å²) in [5, 5.41) is 9.25. The SMILES string of the molecule is CCC1CCN(c2ccc(CN)cc2C#N)CC1. The molecule has 1 aliphatic rings. The highest BCUT2D eigenvalue weighted by molar-refractivity contribution is 5.60. The molecular formula is C15H21N3. The van der Waals surface area contributed by atoms with E-state index in [1.54, 1.807) is 0 Å². The first-order valence-corrected chi connectivity index (χ1v) is 6.76. The third-order valence-corrected chi connectivity index (χ3v) is 3.95. The summed E-state index contributed by atoms with van der Waals surface area (Å²) in [5.41, 5.74) is 8.47. The van der Waals surface area contributed by atoms with Gasteiger partial charge in [-0.3, -0.25) is 0 Å². The van der Waals surface area contributed by atoms with E-state index in [1.165, 1.54) is 19.3 Å². The molecule has 0 aromatic heterocycles. The number of hydrogen-bond donors (Lipinski definition) is 1. The number of hydrogen-bond acceptors (Lipinski definition) is 3. The van der Waals surface area contributed by atoms with Gasteiger partial charge < -0.3 is 10.6 Å². The molecular weight excluding hydrogens is 222 g/mol. The number of rotatable bonds is 3. The topological polar surface area (TPSA) is 53.0 Å². The van der Waals surface area contributed by atoms with E-state index in [0.717, 1.165) is 35.8 Å². The third-order valence-electron chi connectivity index (χ3n) is 3.95. The quantitative estimate of drug-likeness (QED) is 0.888. The van der Waals surface area contributed by atoms with Crippen molar-refractivity contribution in [3.05, 3.63) is 29.3 Å². The average Bonchev–Trinajstić information content (AvgIpc) is 2.46. The zero-order valence-electron chi connectivity index (χ0n) is 11.0. The molecule has 1 fully saturated rings. The number of nitriles is 1. The van der Waals surface area contributed by atoms with Crippen LogP contribution in [0, 0.1) is 17.2 Å². The van der Waals surface area contributed by atoms with Crippen LogP contribution in [0.15, 0.2) is 18.2 Å². The molecule has 1 aromatic carbocycles. The fourth-order valence-electron chi connectivity index (χ4n) is 2.66. The van der Waals surface area contributed by atoms with E-state index in [9.17, 15) is 5.26 Å². The predicted molar refractivity (Wildman–Crippen MR) is 74.3 cm³/mol. The fraction of sp³-hybridized carbons (Fsp3) is 0.533. The number of benzene rings is 1. The number of nitrogens with zero attached hydrogens (tertiary/aromatic N) is 2. The molecule has 1 heterocycles. The third kappa shape index (κ3) is 2.65. The van der Waals surface area contributed by atoms with Gasteiger partial charge in [-0.15, -0.1) is 0 Å². The van der Waals surface area contributed by atoms with Crippen molar-refractivity contribution >= 4 is 5.69 Å². The molecule has 2 N–H and O–H groups in total. The Morgan fingerprint density at radius 3 is 2.67 bits per heavy atom. The van der Waals surface area contributed by atoms with Crippen LogP contribution in [0.3, 0.4) is 0 Å². The standard InChI is InChI=1S/C15H21N3/c1-2-12-5-7-18(8-6-12)15-4-3-13(10-16)9-14(15)11-17/h3-4,9,12H,2,5-8,10,16H2,1H3. The van der Waals surface area contributed by atoms with Crippen molar-refractivity contribution in [1.82, 2.24) is 0 Å². The van der Waals surface area contributed by atoms with Gasteiger partial charge in [0.25, 0.3) is 0 Å². The van der Waals surface area contributed by atoms with Gasteiger partial charge in [0.05, 0.1) is 11.3 Å². The summed E-state index contributed by atoms with van der Waals surface area (Å²) < 4.78 is 0. The van der Waals surface area contributed by atoms with Crippen LogP contribution in [0.25, 0.3) is 0 Å². The second kappa shape index (κ2) is 5.88. The van der Waals surface area contributed by atoms with Crippen LogP contribution in [-0.2, 0) is 6.54 Å². The summed E-state index contributed by atoms with van der Waals surface area (Å²) in [6.45, 7) is 4.88. The lowest BCUT2D eigenvalue weighted by Crippen LogP contribution is -2.34. The second-order valence-electron chi connectivity index (χ2n) is 5.01. The highest BCUT2D eigenvalue weighted by Crippen LogP contribution is 2.27. The second-order valence-corrected chi connectivity index (χ2v) is 5.01. The first-order valence-electron chi connectivity index (χ1n) is 6.76. The van der Waals surface area contributed by atoms with Crippen molar-refractivity contribution in [3.8, 4) is 6.07 Å². The first-order chi connectivity index (χ1) is 8.78. The minimum absolute atomic E-state index is 0.493. The van der Waals surface area contributed by atoms with Crippen LogP contribution < -0.4 is 10.6 Å². The minimum atomic E-state index is 0.493. The summed E-state index contributed by atoms with van der Waals surface area (Å²) in [6.07, 6.45) is 3.74. The Hall–Kier alpha value is -1.53. The number of nitrogens with two attached hydrogens (primary N) is 1. The largest absolute Gasteiger partial charge is 0.370 e. The predicted octanol–water partition coefficient (Wildman–Crippen LogP) is 2.64. The van der Waals surface area contributed by atoms with Gasteiger partial charge >= 0.3 is 0 Å². The molecule has 0 unspecified atom stereocenters. The van der Waals surface area contributed by atoms with Crippen molar-refractivity contribution in [2.24, 2.45) is 11.7 Å². The molecule has 0 radical (unpaired) electrons. The highest BCUT2D eigenvalue weighted by Gasteiger charge is 2.19. The molecule has 1 aliphatic heterocycles. The van der Waals surface area contributed by atoms with Crippen molar-refractivity contribution < 1.29 is 0 Å². The summed E-state index contributed by atoms with van der Waals surface area (Å²) in [4.78, 5) is 2.34. The van der Waals surface area contributed by atoms with Gasteiger partial charge in [0, 0.05) is 19.6 Å². The highest BCUT2D eigenvalue weighted by atomic mass is 15.1. The summed E-state index contributed by atoms with van der Waals surface area (Å²) in [5.74, 6) is 0.857. The molecule has 3 heteroatoms. The molecule has 3 nitrogen and oxygen atoms in total. The van der Waals surface area contributed by atoms with Crippen molar-refractivity contribution in [2.45, 2.75) is 32.7 Å². The van der Waals surface area contributed by atoms with Crippen LogP contribution in [0.2, 0.25) is 0 Å². The number of piperidine rings is 1. The maximum Gasteiger partial charge on any atom is 0.101 e. The molecule has 2 rings (SSSR count). The summed E-state index contributed by atoms with van der Waals surface area (Å²) in [7, 11) is 0. The van der Waals surface area contributed by atoms with Crippen molar-refractivity contribution in [2.75, 3.05) is 18.0 Å². The van der Waals surface area contributed by atoms with Gasteiger partial charge in [0.1, 0.15) is 6.07 Å². The van der Waals surface area contributed by atoms with Crippen molar-refractivity contribution in [3.63, 3.8) is 0 Å². The molecule has 0 spiro atoms. The van der Waals surface area contributed by atoms with Gasteiger partial charge in [0.2, 0.25) is 0 Å². The van der Waals surface area contributed by atoms with Crippen molar-refractivity contribution in [1.29, 1.82) is 5.26 Å². The molecule has 1 aromatic rings. The first kappa shape index (κ1) is 12.9. The van der Waals surface area contributed by atoms with E-state index in [4.69, 9.17) is 5.73 Å². The molecule has 0 bridgehead atoms. The van der Waals surface area contributed by atoms with E-state index in [0.29, 0.717) is 6.54 Å². The van der Waals surface area contributed by atoms with E-state index >= 15 is 0 Å². The Morgan fingerprint density at radius 1 is 1.39 bits per heavy atom. The van der Waals surface area contributed by atoms with E-state index in [2.05, 4.69) is 17.9 Å². The molecule has 1 saturated heterocycles. The van der Waals surface area contributed by atoms with Crippen LogP contribution in [0.1, 0.15) is 37.3 Å². The van der Waals surface area contributed by atoms with Gasteiger partial charge in [-0.05, 0) is 36.5 Å². The number of anilines is 1. The lowest BCUT2D eigenvalue weighted by atomic mass is 9.93. The molecule has 0 atom stereocenters. The molecule has 0 saturated carbocycles. The van der Waals surface area contributed by atoms with Gasteiger partial charge in [-0.1, -0.05) is 19.4 Å². The molecule has 0 aliphatic carbocycles. The van der Waals surface area contributed by atoms with Gasteiger partial charge in [-0.2, -0.15) is 5.26 Å². The van der Waals surface area contributed by atoms with E-state index < -0.39 is 0 Å².